The molecule has 0 aliphatic rings. The van der Waals surface area contributed by atoms with Gasteiger partial charge in [-0.25, -0.2) is 4.39 Å². The van der Waals surface area contributed by atoms with Gasteiger partial charge in [-0.3, -0.25) is 4.79 Å². The summed E-state index contributed by atoms with van der Waals surface area (Å²) in [5.74, 6) is -0.932. The number of halogens is 1. The number of carbonyl (C=O) groups is 1. The van der Waals surface area contributed by atoms with E-state index in [1.807, 2.05) is 0 Å². The van der Waals surface area contributed by atoms with Crippen LogP contribution in [0.4, 0.5) is 4.39 Å². The molecular weight excluding hydrogens is 235 g/mol. The number of nitrogens with one attached hydrogen (secondary N) is 1. The molecule has 1 rings (SSSR count). The lowest BCUT2D eigenvalue weighted by Crippen LogP contribution is -2.35. The molecule has 0 aliphatic carbocycles. The molecule has 0 fully saturated rings. The second-order valence-electron chi connectivity index (χ2n) is 3.75. The summed E-state index contributed by atoms with van der Waals surface area (Å²) in [5.41, 5.74) is 0.350. The first kappa shape index (κ1) is 14.1. The van der Waals surface area contributed by atoms with Gasteiger partial charge in [0.15, 0.2) is 0 Å². The van der Waals surface area contributed by atoms with E-state index in [-0.39, 0.29) is 18.1 Å². The number of nitriles is 1. The molecule has 1 N–H and O–H groups in total. The van der Waals surface area contributed by atoms with Crippen LogP contribution in [0.5, 0.6) is 0 Å². The summed E-state index contributed by atoms with van der Waals surface area (Å²) in [5, 5.41) is 11.5. The molecule has 1 unspecified atom stereocenters. The van der Waals surface area contributed by atoms with Crippen LogP contribution in [0.2, 0.25) is 0 Å². The highest BCUT2D eigenvalue weighted by Crippen LogP contribution is 2.12. The van der Waals surface area contributed by atoms with Gasteiger partial charge in [-0.05, 0) is 19.9 Å². The SMILES string of the molecule is CCOC(=O)C(C)NCc1cccc(C#N)c1F. The van der Waals surface area contributed by atoms with Gasteiger partial charge in [0.05, 0.1) is 12.2 Å². The molecule has 0 heterocycles. The summed E-state index contributed by atoms with van der Waals surface area (Å²) in [6, 6.07) is 5.84. The van der Waals surface area contributed by atoms with Crippen LogP contribution in [-0.2, 0) is 16.1 Å². The Balaban J connectivity index is 2.64. The van der Waals surface area contributed by atoms with Gasteiger partial charge in [0.1, 0.15) is 17.9 Å². The van der Waals surface area contributed by atoms with Crippen LogP contribution in [0.25, 0.3) is 0 Å². The monoisotopic (exact) mass is 250 g/mol. The Labute approximate surface area is 105 Å². The predicted molar refractivity (Wildman–Crippen MR) is 64.0 cm³/mol. The number of rotatable bonds is 5. The molecule has 0 spiro atoms. The van der Waals surface area contributed by atoms with Crippen LogP contribution in [0, 0.1) is 17.1 Å². The van der Waals surface area contributed by atoms with E-state index in [9.17, 15) is 9.18 Å². The first-order chi connectivity index (χ1) is 8.60. The molecule has 0 saturated heterocycles. The largest absolute Gasteiger partial charge is 0.465 e. The zero-order valence-corrected chi connectivity index (χ0v) is 10.4. The summed E-state index contributed by atoms with van der Waals surface area (Å²) in [7, 11) is 0. The highest BCUT2D eigenvalue weighted by molar-refractivity contribution is 5.75. The van der Waals surface area contributed by atoms with Gasteiger partial charge < -0.3 is 10.1 Å². The van der Waals surface area contributed by atoms with E-state index >= 15 is 0 Å². The molecule has 18 heavy (non-hydrogen) atoms. The second kappa shape index (κ2) is 6.72. The zero-order chi connectivity index (χ0) is 13.5. The van der Waals surface area contributed by atoms with E-state index < -0.39 is 11.9 Å². The summed E-state index contributed by atoms with van der Waals surface area (Å²) in [6.45, 7) is 3.84. The fourth-order valence-electron chi connectivity index (χ4n) is 1.42. The summed E-state index contributed by atoms with van der Waals surface area (Å²) in [4.78, 5) is 11.3. The number of benzene rings is 1. The number of esters is 1. The minimum absolute atomic E-state index is 0.00177. The Kier molecular flexibility index (Phi) is 5.28. The normalized spacial score (nSPS) is 11.7. The molecule has 4 nitrogen and oxygen atoms in total. The number of ether oxygens (including phenoxy) is 1. The lowest BCUT2D eigenvalue weighted by molar-refractivity contribution is -0.145. The fourth-order valence-corrected chi connectivity index (χ4v) is 1.42. The summed E-state index contributed by atoms with van der Waals surface area (Å²) in [6.07, 6.45) is 0. The first-order valence-corrected chi connectivity index (χ1v) is 5.67. The van der Waals surface area contributed by atoms with Gasteiger partial charge in [-0.2, -0.15) is 5.26 Å². The number of carbonyl (C=O) groups excluding carboxylic acids is 1. The number of nitrogens with zero attached hydrogens (tertiary/aromatic N) is 1. The van der Waals surface area contributed by atoms with Crippen molar-refractivity contribution in [3.8, 4) is 6.07 Å². The minimum atomic E-state index is -0.552. The number of hydrogen-bond acceptors (Lipinski definition) is 4. The van der Waals surface area contributed by atoms with Crippen LogP contribution >= 0.6 is 0 Å². The van der Waals surface area contributed by atoms with Crippen molar-refractivity contribution in [3.63, 3.8) is 0 Å². The topological polar surface area (TPSA) is 62.1 Å². The van der Waals surface area contributed by atoms with Crippen LogP contribution < -0.4 is 5.32 Å². The van der Waals surface area contributed by atoms with Gasteiger partial charge in [0.25, 0.3) is 0 Å². The maximum atomic E-state index is 13.7. The Morgan fingerprint density at radius 3 is 2.94 bits per heavy atom. The van der Waals surface area contributed by atoms with Crippen molar-refractivity contribution in [3.05, 3.63) is 35.1 Å². The lowest BCUT2D eigenvalue weighted by Gasteiger charge is -2.13. The van der Waals surface area contributed by atoms with Gasteiger partial charge >= 0.3 is 5.97 Å². The van der Waals surface area contributed by atoms with Crippen molar-refractivity contribution < 1.29 is 13.9 Å². The van der Waals surface area contributed by atoms with E-state index in [1.165, 1.54) is 6.07 Å². The number of hydrogen-bond donors (Lipinski definition) is 1. The van der Waals surface area contributed by atoms with Crippen molar-refractivity contribution in [1.82, 2.24) is 5.32 Å². The highest BCUT2D eigenvalue weighted by atomic mass is 19.1. The smallest absolute Gasteiger partial charge is 0.322 e. The Hall–Kier alpha value is -1.93. The third-order valence-electron chi connectivity index (χ3n) is 2.44. The van der Waals surface area contributed by atoms with E-state index in [0.29, 0.717) is 12.2 Å². The van der Waals surface area contributed by atoms with Crippen molar-refractivity contribution in [2.45, 2.75) is 26.4 Å². The van der Waals surface area contributed by atoms with Gasteiger partial charge in [-0.15, -0.1) is 0 Å². The van der Waals surface area contributed by atoms with Crippen molar-refractivity contribution in [2.75, 3.05) is 6.61 Å². The van der Waals surface area contributed by atoms with Crippen LogP contribution in [-0.4, -0.2) is 18.6 Å². The Morgan fingerprint density at radius 1 is 1.61 bits per heavy atom. The third kappa shape index (κ3) is 3.54. The molecule has 0 aliphatic heterocycles. The van der Waals surface area contributed by atoms with Gasteiger partial charge in [0, 0.05) is 12.1 Å². The molecule has 0 radical (unpaired) electrons. The zero-order valence-electron chi connectivity index (χ0n) is 10.4. The maximum Gasteiger partial charge on any atom is 0.322 e. The molecule has 0 bridgehead atoms. The first-order valence-electron chi connectivity index (χ1n) is 5.67. The van der Waals surface area contributed by atoms with E-state index in [2.05, 4.69) is 5.32 Å². The van der Waals surface area contributed by atoms with E-state index in [4.69, 9.17) is 10.00 Å². The average molecular weight is 250 g/mol. The van der Waals surface area contributed by atoms with Crippen LogP contribution in [0.15, 0.2) is 18.2 Å². The minimum Gasteiger partial charge on any atom is -0.465 e. The van der Waals surface area contributed by atoms with Gasteiger partial charge in [-0.1, -0.05) is 12.1 Å². The van der Waals surface area contributed by atoms with E-state index in [0.717, 1.165) is 0 Å². The molecule has 1 aromatic carbocycles. The van der Waals surface area contributed by atoms with Crippen molar-refractivity contribution in [1.29, 1.82) is 5.26 Å². The highest BCUT2D eigenvalue weighted by Gasteiger charge is 2.14. The Morgan fingerprint density at radius 2 is 2.33 bits per heavy atom. The third-order valence-corrected chi connectivity index (χ3v) is 2.44. The summed E-state index contributed by atoms with van der Waals surface area (Å²) < 4.78 is 18.5. The molecule has 0 saturated carbocycles. The molecule has 96 valence electrons. The molecular formula is C13H15FN2O2. The fraction of sp³-hybridized carbons (Fsp3) is 0.385. The van der Waals surface area contributed by atoms with Crippen molar-refractivity contribution >= 4 is 5.97 Å². The molecule has 0 aromatic heterocycles. The van der Waals surface area contributed by atoms with Crippen LogP contribution in [0.3, 0.4) is 0 Å². The van der Waals surface area contributed by atoms with Crippen LogP contribution in [0.1, 0.15) is 25.0 Å². The Bertz CT molecular complexity index is 469. The average Bonchev–Trinajstić information content (AvgIpc) is 2.37. The summed E-state index contributed by atoms with van der Waals surface area (Å²) >= 11 is 0. The molecule has 0 amide bonds. The molecule has 1 aromatic rings. The quantitative estimate of drug-likeness (QED) is 0.808. The predicted octanol–water partition coefficient (Wildman–Crippen LogP) is 1.74. The van der Waals surface area contributed by atoms with Crippen molar-refractivity contribution in [2.24, 2.45) is 0 Å². The maximum absolute atomic E-state index is 13.7. The van der Waals surface area contributed by atoms with E-state index in [1.54, 1.807) is 32.0 Å². The molecule has 1 atom stereocenters. The van der Waals surface area contributed by atoms with Gasteiger partial charge in [0.2, 0.25) is 0 Å². The molecule has 5 heteroatoms. The lowest BCUT2D eigenvalue weighted by atomic mass is 10.1. The second-order valence-corrected chi connectivity index (χ2v) is 3.75. The standard InChI is InChI=1S/C13H15FN2O2/c1-3-18-13(17)9(2)16-8-11-6-4-5-10(7-15)12(11)14/h4-6,9,16H,3,8H2,1-2H3.